The van der Waals surface area contributed by atoms with E-state index >= 15 is 0 Å². The Morgan fingerprint density at radius 1 is 0.425 bits per heavy atom. The zero-order chi connectivity index (χ0) is 62.1. The molecule has 0 aromatic heterocycles. The Hall–Kier alpha value is -4.75. The molecule has 0 aromatic carbocycles. The number of fused-ring (bicyclic) bond motifs is 2. The van der Waals surface area contributed by atoms with E-state index < -0.39 is 35.8 Å². The van der Waals surface area contributed by atoms with Crippen LogP contribution in [0.2, 0.25) is 0 Å². The second-order valence-corrected chi connectivity index (χ2v) is 32.0. The molecule has 0 spiro atoms. The highest BCUT2D eigenvalue weighted by molar-refractivity contribution is 5.89. The fraction of sp³-hybridized carbons (Fsp3) is 0.795. The summed E-state index contributed by atoms with van der Waals surface area (Å²) in [4.78, 5) is 82.3. The average molecular weight is 1210 g/mol. The molecule has 14 heteroatoms. The quantitative estimate of drug-likeness (QED) is 0.0807. The second-order valence-electron chi connectivity index (χ2n) is 32.0. The van der Waals surface area contributed by atoms with Gasteiger partial charge in [-0.3, -0.25) is 0 Å². The van der Waals surface area contributed by atoms with E-state index in [1.165, 1.54) is 154 Å². The topological polar surface area (TPSA) is 184 Å². The van der Waals surface area contributed by atoms with Gasteiger partial charge in [0.1, 0.15) is 22.4 Å². The minimum atomic E-state index is -0.586. The number of rotatable bonds is 16. The third kappa shape index (κ3) is 12.5. The van der Waals surface area contributed by atoms with Gasteiger partial charge in [0.25, 0.3) is 0 Å². The highest BCUT2D eigenvalue weighted by atomic mass is 16.6. The van der Waals surface area contributed by atoms with Gasteiger partial charge in [0, 0.05) is 41.1 Å². The Bertz CT molecular complexity index is 2610. The van der Waals surface area contributed by atoms with E-state index in [9.17, 15) is 33.6 Å². The summed E-state index contributed by atoms with van der Waals surface area (Å²) < 4.78 is 38.5. The predicted octanol–water partition coefficient (Wildman–Crippen LogP) is 13.6. The molecule has 18 bridgehead atoms. The summed E-state index contributed by atoms with van der Waals surface area (Å²) in [5.41, 5.74) is -0.0748. The standard InChI is InChI=1S/C22H32O2.C18H26O4.C17H24O4.C16H22O4/c1-4-20(23)24-22(19-9-15-8-16(19)5-13(15)2)17-6-14-7-18(22)12-21(3,10-14)11-17;1-4-18(22-16(19)10-21-17(20)11(2)3)14-6-12-5-13(8-14)9-15(18)7-12;1-10(2)16(19)20-9-15(18)21-17(3)13-5-11-4-12(7-13)8-14(17)6-11;1-3-14(17)19-9-15(18)20-16(2)12-5-10-4-11(7-12)8-13(16)6-10/h4,13-19H,1,5-12H2,2-3H3;12-15H,2,4-10H2,1,3H3;11-14H,1,4-9H2,2-3H3;3,10-13H,1,4-9H2,2H3. The molecule has 6 unspecified atom stereocenters. The summed E-state index contributed by atoms with van der Waals surface area (Å²) in [5, 5.41) is 0. The van der Waals surface area contributed by atoms with Crippen LogP contribution in [0.5, 0.6) is 0 Å². The molecule has 14 nitrogen and oxygen atoms in total. The van der Waals surface area contributed by atoms with Crippen LogP contribution in [0.25, 0.3) is 0 Å². The van der Waals surface area contributed by atoms with Crippen molar-refractivity contribution in [2.75, 3.05) is 19.8 Å². The predicted molar refractivity (Wildman–Crippen MR) is 326 cm³/mol. The lowest BCUT2D eigenvalue weighted by molar-refractivity contribution is -0.245. The fourth-order valence-corrected chi connectivity index (χ4v) is 23.4. The molecule has 0 heterocycles. The van der Waals surface area contributed by atoms with Crippen LogP contribution < -0.4 is 0 Å². The minimum absolute atomic E-state index is 0.152. The third-order valence-electron chi connectivity index (χ3n) is 26.4. The molecule has 18 aliphatic carbocycles. The van der Waals surface area contributed by atoms with Crippen molar-refractivity contribution in [2.24, 2.45) is 118 Å². The Morgan fingerprint density at radius 2 is 0.805 bits per heavy atom. The summed E-state index contributed by atoms with van der Waals surface area (Å²) >= 11 is 0. The van der Waals surface area contributed by atoms with Gasteiger partial charge < -0.3 is 33.2 Å². The molecule has 18 rings (SSSR count). The molecular formula is C73H104O14. The number of carbonyl (C=O) groups is 7. The van der Waals surface area contributed by atoms with Crippen LogP contribution in [0.4, 0.5) is 0 Å². The Morgan fingerprint density at radius 3 is 1.15 bits per heavy atom. The minimum Gasteiger partial charge on any atom is -0.456 e. The number of hydrogen-bond acceptors (Lipinski definition) is 14. The molecule has 6 atom stereocenters. The largest absolute Gasteiger partial charge is 0.456 e. The highest BCUT2D eigenvalue weighted by Crippen LogP contribution is 2.71. The molecule has 18 aliphatic rings. The van der Waals surface area contributed by atoms with Gasteiger partial charge in [-0.1, -0.05) is 47.1 Å². The van der Waals surface area contributed by atoms with Gasteiger partial charge in [-0.15, -0.1) is 0 Å². The number of carbonyl (C=O) groups excluding carboxylic acids is 7. The van der Waals surface area contributed by atoms with Gasteiger partial charge in [-0.25, -0.2) is 33.6 Å². The monoisotopic (exact) mass is 1200 g/mol. The molecule has 18 saturated carbocycles. The zero-order valence-corrected chi connectivity index (χ0v) is 53.8. The van der Waals surface area contributed by atoms with E-state index in [4.69, 9.17) is 33.2 Å². The maximum Gasteiger partial charge on any atom is 0.344 e. The first-order chi connectivity index (χ1) is 41.3. The molecule has 87 heavy (non-hydrogen) atoms. The van der Waals surface area contributed by atoms with Gasteiger partial charge in [-0.2, -0.15) is 0 Å². The van der Waals surface area contributed by atoms with Gasteiger partial charge in [0.15, 0.2) is 19.8 Å². The van der Waals surface area contributed by atoms with Gasteiger partial charge in [-0.05, 0) is 282 Å². The molecule has 18 fully saturated rings. The SMILES string of the molecule is C=C(C)C(=O)OCC(=O)OC1(C)C2CC3CC(C2)CC1C3.C=C(C)C(=O)OCC(=O)OC1(CC)C2CC3CC(C2)CC1C3.C=CC(=O)OC1(C2CC3CC2CC3C)C2CC3CC1CC(C)(C3)C2.C=CC(=O)OCC(=O)OC1(C)C2CC3CC(C2)CC1C3. The van der Waals surface area contributed by atoms with Gasteiger partial charge in [0.2, 0.25) is 0 Å². The summed E-state index contributed by atoms with van der Waals surface area (Å²) in [6, 6.07) is 0. The summed E-state index contributed by atoms with van der Waals surface area (Å²) in [6.07, 6.45) is 32.3. The first-order valence-electron chi connectivity index (χ1n) is 34.2. The van der Waals surface area contributed by atoms with Crippen molar-refractivity contribution in [3.8, 4) is 0 Å². The van der Waals surface area contributed by atoms with E-state index in [0.717, 1.165) is 71.7 Å². The van der Waals surface area contributed by atoms with Crippen LogP contribution in [-0.4, -0.2) is 84.0 Å². The van der Waals surface area contributed by atoms with Crippen molar-refractivity contribution in [1.29, 1.82) is 0 Å². The molecular weight excluding hydrogens is 1100 g/mol. The van der Waals surface area contributed by atoms with Gasteiger partial charge >= 0.3 is 41.8 Å². The number of esters is 7. The van der Waals surface area contributed by atoms with E-state index in [-0.39, 0.29) is 48.2 Å². The van der Waals surface area contributed by atoms with Crippen molar-refractivity contribution in [3.05, 3.63) is 49.6 Å². The maximum atomic E-state index is 12.4. The fourth-order valence-electron chi connectivity index (χ4n) is 23.4. The number of ether oxygens (including phenoxy) is 7. The lowest BCUT2D eigenvalue weighted by Gasteiger charge is -2.66. The summed E-state index contributed by atoms with van der Waals surface area (Å²) in [6.45, 7) is 27.4. The van der Waals surface area contributed by atoms with Crippen molar-refractivity contribution in [2.45, 2.75) is 225 Å². The van der Waals surface area contributed by atoms with Crippen molar-refractivity contribution >= 4 is 41.8 Å². The van der Waals surface area contributed by atoms with Crippen molar-refractivity contribution in [3.63, 3.8) is 0 Å². The molecule has 0 aromatic rings. The zero-order valence-electron chi connectivity index (χ0n) is 53.8. The first kappa shape index (κ1) is 63.8. The summed E-state index contributed by atoms with van der Waals surface area (Å²) in [7, 11) is 0. The van der Waals surface area contributed by atoms with Gasteiger partial charge in [0.05, 0.1) is 0 Å². The normalized spacial score (nSPS) is 44.7. The van der Waals surface area contributed by atoms with Crippen molar-refractivity contribution < 1.29 is 66.7 Å². The van der Waals surface area contributed by atoms with Crippen LogP contribution >= 0.6 is 0 Å². The highest BCUT2D eigenvalue weighted by Gasteiger charge is 2.69. The third-order valence-corrected chi connectivity index (χ3v) is 26.4. The van der Waals surface area contributed by atoms with Crippen LogP contribution in [0.3, 0.4) is 0 Å². The van der Waals surface area contributed by atoms with Crippen LogP contribution in [-0.2, 0) is 66.7 Å². The lowest BCUT2D eigenvalue weighted by atomic mass is 9.42. The Labute approximate surface area is 518 Å². The summed E-state index contributed by atoms with van der Waals surface area (Å²) in [5.74, 6) is 10.1. The molecule has 0 amide bonds. The molecule has 480 valence electrons. The lowest BCUT2D eigenvalue weighted by Crippen LogP contribution is -2.66. The maximum absolute atomic E-state index is 12.4. The average Bonchev–Trinajstić information content (AvgIpc) is 1.71. The smallest absolute Gasteiger partial charge is 0.344 e. The van der Waals surface area contributed by atoms with E-state index in [0.29, 0.717) is 69.8 Å². The first-order valence-corrected chi connectivity index (χ1v) is 34.2. The Balaban J connectivity index is 0.000000120. The van der Waals surface area contributed by atoms with E-state index in [2.05, 4.69) is 60.9 Å². The molecule has 0 aliphatic heterocycles. The molecule has 0 radical (unpaired) electrons. The van der Waals surface area contributed by atoms with E-state index in [1.54, 1.807) is 13.8 Å². The van der Waals surface area contributed by atoms with Crippen LogP contribution in [0.1, 0.15) is 203 Å². The molecule has 0 saturated heterocycles. The van der Waals surface area contributed by atoms with Crippen molar-refractivity contribution in [1.82, 2.24) is 0 Å². The van der Waals surface area contributed by atoms with Crippen LogP contribution in [0, 0.1) is 118 Å². The van der Waals surface area contributed by atoms with Crippen LogP contribution in [0.15, 0.2) is 49.6 Å². The van der Waals surface area contributed by atoms with E-state index in [1.807, 2.05) is 0 Å². The second kappa shape index (κ2) is 24.8. The molecule has 0 N–H and O–H groups in total. The number of hydrogen-bond donors (Lipinski definition) is 0. The Kier molecular flexibility index (Phi) is 18.2.